The van der Waals surface area contributed by atoms with E-state index in [9.17, 15) is 22.8 Å². The molecule has 4 heterocycles. The molecule has 2 aromatic rings. The molecule has 0 N–H and O–H groups in total. The summed E-state index contributed by atoms with van der Waals surface area (Å²) in [6.07, 6.45) is -0.0181. The number of amides is 1. The summed E-state index contributed by atoms with van der Waals surface area (Å²) in [5.74, 6) is -1.00. The summed E-state index contributed by atoms with van der Waals surface area (Å²) in [5.41, 5.74) is -2.11. The number of nitrogens with zero attached hydrogens (tertiary/aromatic N) is 5. The highest BCUT2D eigenvalue weighted by Crippen LogP contribution is 2.46. The van der Waals surface area contributed by atoms with E-state index in [-0.39, 0.29) is 23.1 Å². The maximum atomic E-state index is 13.6. The Morgan fingerprint density at radius 1 is 1.12 bits per heavy atom. The Morgan fingerprint density at radius 2 is 1.82 bits per heavy atom. The van der Waals surface area contributed by atoms with Crippen LogP contribution in [0.5, 0.6) is 0 Å². The molecular weight excluding hydrogens is 459 g/mol. The Balaban J connectivity index is 1.63. The third kappa shape index (κ3) is 3.06. The SMILES string of the molecule is N#Cc1ncc(N2C(=O)C3(CCCC3)N(c3cnc4c(c3)COC4=O)C2=S)cc1C(F)(F)F. The molecular formula is C21H14F3N5O3S. The summed E-state index contributed by atoms with van der Waals surface area (Å²) in [5, 5.41) is 9.01. The Hall–Kier alpha value is -3.59. The smallest absolute Gasteiger partial charge is 0.419 e. The monoisotopic (exact) mass is 473 g/mol. The summed E-state index contributed by atoms with van der Waals surface area (Å²) in [6, 6.07) is 3.81. The number of halogens is 3. The van der Waals surface area contributed by atoms with Crippen molar-refractivity contribution >= 4 is 40.6 Å². The predicted molar refractivity (Wildman–Crippen MR) is 111 cm³/mol. The Kier molecular flexibility index (Phi) is 4.65. The maximum Gasteiger partial charge on any atom is 0.419 e. The molecule has 1 amide bonds. The second kappa shape index (κ2) is 7.21. The third-order valence-electron chi connectivity index (χ3n) is 6.15. The zero-order valence-electron chi connectivity index (χ0n) is 16.8. The van der Waals surface area contributed by atoms with Crippen molar-refractivity contribution in [3.63, 3.8) is 0 Å². The molecule has 1 spiro atoms. The number of rotatable bonds is 2. The molecule has 2 fully saturated rings. The number of nitriles is 1. The van der Waals surface area contributed by atoms with Crippen molar-refractivity contribution in [2.45, 2.75) is 44.0 Å². The topological polar surface area (TPSA) is 99.4 Å². The molecule has 8 nitrogen and oxygen atoms in total. The van der Waals surface area contributed by atoms with Gasteiger partial charge in [0.1, 0.15) is 18.2 Å². The second-order valence-electron chi connectivity index (χ2n) is 7.97. The highest BCUT2D eigenvalue weighted by molar-refractivity contribution is 7.81. The van der Waals surface area contributed by atoms with Gasteiger partial charge in [0, 0.05) is 5.56 Å². The Bertz CT molecular complexity index is 1270. The zero-order chi connectivity index (χ0) is 23.5. The number of ether oxygens (including phenoxy) is 1. The van der Waals surface area contributed by atoms with Gasteiger partial charge in [-0.25, -0.2) is 14.8 Å². The van der Waals surface area contributed by atoms with Crippen molar-refractivity contribution in [2.24, 2.45) is 0 Å². The van der Waals surface area contributed by atoms with Crippen LogP contribution in [0.1, 0.15) is 53.0 Å². The standard InChI is InChI=1S/C21H14F3N5O3S/c22-21(23,24)14-6-12(8-26-15(14)7-25)28-18(31)20(3-1-2-4-20)29(19(28)33)13-5-11-10-32-17(30)16(11)27-9-13/h5-6,8-9H,1-4,10H2. The number of hydrogen-bond donors (Lipinski definition) is 0. The first-order valence-corrected chi connectivity index (χ1v) is 10.4. The lowest BCUT2D eigenvalue weighted by molar-refractivity contribution is -0.138. The number of carbonyl (C=O) groups is 2. The van der Waals surface area contributed by atoms with Gasteiger partial charge in [0.2, 0.25) is 0 Å². The average molecular weight is 473 g/mol. The van der Waals surface area contributed by atoms with Crippen LogP contribution in [0.3, 0.4) is 0 Å². The van der Waals surface area contributed by atoms with E-state index in [1.165, 1.54) is 12.3 Å². The number of pyridine rings is 2. The van der Waals surface area contributed by atoms with Gasteiger partial charge >= 0.3 is 12.1 Å². The molecule has 5 rings (SSSR count). The van der Waals surface area contributed by atoms with Gasteiger partial charge in [-0.15, -0.1) is 0 Å². The molecule has 1 aliphatic carbocycles. The lowest BCUT2D eigenvalue weighted by Crippen LogP contribution is -2.47. The quantitative estimate of drug-likeness (QED) is 0.483. The average Bonchev–Trinajstić information content (AvgIpc) is 3.46. The number of hydrogen-bond acceptors (Lipinski definition) is 7. The van der Waals surface area contributed by atoms with Crippen LogP contribution in [0.4, 0.5) is 24.5 Å². The second-order valence-corrected chi connectivity index (χ2v) is 8.34. The number of thiocarbonyl (C=S) groups is 1. The van der Waals surface area contributed by atoms with Gasteiger partial charge in [0.15, 0.2) is 16.5 Å². The maximum absolute atomic E-state index is 13.6. The fourth-order valence-corrected chi connectivity index (χ4v) is 5.13. The summed E-state index contributed by atoms with van der Waals surface area (Å²) >= 11 is 5.59. The van der Waals surface area contributed by atoms with Crippen LogP contribution < -0.4 is 9.80 Å². The van der Waals surface area contributed by atoms with Crippen LogP contribution in [0.15, 0.2) is 24.5 Å². The van der Waals surface area contributed by atoms with Gasteiger partial charge in [0.25, 0.3) is 5.91 Å². The summed E-state index contributed by atoms with van der Waals surface area (Å²) < 4.78 is 45.5. The largest absolute Gasteiger partial charge is 0.456 e. The first-order valence-electron chi connectivity index (χ1n) is 9.99. The molecule has 0 unspecified atom stereocenters. The van der Waals surface area contributed by atoms with Gasteiger partial charge in [-0.05, 0) is 37.2 Å². The van der Waals surface area contributed by atoms with Gasteiger partial charge in [0.05, 0.1) is 29.3 Å². The van der Waals surface area contributed by atoms with Gasteiger partial charge in [-0.2, -0.15) is 18.4 Å². The van der Waals surface area contributed by atoms with E-state index in [1.807, 2.05) is 0 Å². The molecule has 1 saturated heterocycles. The fraction of sp³-hybridized carbons (Fsp3) is 0.333. The molecule has 1 saturated carbocycles. The van der Waals surface area contributed by atoms with E-state index < -0.39 is 34.8 Å². The van der Waals surface area contributed by atoms with E-state index in [0.717, 1.165) is 30.0 Å². The van der Waals surface area contributed by atoms with Crippen LogP contribution in [0.2, 0.25) is 0 Å². The summed E-state index contributed by atoms with van der Waals surface area (Å²) in [4.78, 5) is 35.8. The Morgan fingerprint density at radius 3 is 2.48 bits per heavy atom. The predicted octanol–water partition coefficient (Wildman–Crippen LogP) is 3.49. The highest BCUT2D eigenvalue weighted by atomic mass is 32.1. The van der Waals surface area contributed by atoms with Crippen molar-refractivity contribution < 1.29 is 27.5 Å². The first kappa shape index (κ1) is 21.3. The molecule has 33 heavy (non-hydrogen) atoms. The number of esters is 1. The molecule has 0 bridgehead atoms. The van der Waals surface area contributed by atoms with E-state index in [0.29, 0.717) is 24.1 Å². The van der Waals surface area contributed by atoms with E-state index >= 15 is 0 Å². The molecule has 2 aliphatic heterocycles. The number of anilines is 2. The van der Waals surface area contributed by atoms with Crippen molar-refractivity contribution in [3.8, 4) is 6.07 Å². The minimum Gasteiger partial charge on any atom is -0.456 e. The minimum atomic E-state index is -4.83. The number of carbonyl (C=O) groups excluding carboxylic acids is 2. The highest BCUT2D eigenvalue weighted by Gasteiger charge is 2.58. The van der Waals surface area contributed by atoms with Crippen molar-refractivity contribution in [3.05, 3.63) is 47.0 Å². The fourth-order valence-electron chi connectivity index (χ4n) is 4.66. The Labute approximate surface area is 190 Å². The molecule has 0 aromatic carbocycles. The van der Waals surface area contributed by atoms with Gasteiger partial charge in [-0.1, -0.05) is 12.8 Å². The van der Waals surface area contributed by atoms with E-state index in [2.05, 4.69) is 9.97 Å². The molecule has 12 heteroatoms. The number of cyclic esters (lactones) is 1. The van der Waals surface area contributed by atoms with Crippen LogP contribution in [0, 0.1) is 11.3 Å². The van der Waals surface area contributed by atoms with Gasteiger partial charge in [-0.3, -0.25) is 9.69 Å². The first-order chi connectivity index (χ1) is 15.7. The van der Waals surface area contributed by atoms with Crippen LogP contribution >= 0.6 is 12.2 Å². The molecule has 0 radical (unpaired) electrons. The zero-order valence-corrected chi connectivity index (χ0v) is 17.7. The van der Waals surface area contributed by atoms with Crippen LogP contribution in [-0.2, 0) is 22.3 Å². The molecule has 168 valence electrons. The number of aromatic nitrogens is 2. The molecule has 2 aromatic heterocycles. The van der Waals surface area contributed by atoms with E-state index in [1.54, 1.807) is 11.0 Å². The van der Waals surface area contributed by atoms with E-state index in [4.69, 9.17) is 22.2 Å². The van der Waals surface area contributed by atoms with Crippen molar-refractivity contribution in [1.82, 2.24) is 9.97 Å². The number of alkyl halides is 3. The lowest BCUT2D eigenvalue weighted by Gasteiger charge is -2.32. The van der Waals surface area contributed by atoms with Crippen molar-refractivity contribution in [1.29, 1.82) is 5.26 Å². The minimum absolute atomic E-state index is 0.0199. The van der Waals surface area contributed by atoms with Gasteiger partial charge < -0.3 is 9.64 Å². The number of fused-ring (bicyclic) bond motifs is 1. The summed E-state index contributed by atoms with van der Waals surface area (Å²) in [7, 11) is 0. The third-order valence-corrected chi connectivity index (χ3v) is 6.51. The molecule has 3 aliphatic rings. The lowest BCUT2D eigenvalue weighted by atomic mass is 9.95. The van der Waals surface area contributed by atoms with Crippen molar-refractivity contribution in [2.75, 3.05) is 9.80 Å². The summed E-state index contributed by atoms with van der Waals surface area (Å²) in [6.45, 7) is 0.0365. The van der Waals surface area contributed by atoms with Crippen LogP contribution in [-0.4, -0.2) is 32.5 Å². The van der Waals surface area contributed by atoms with Crippen LogP contribution in [0.25, 0.3) is 0 Å². The normalized spacial score (nSPS) is 19.3. The molecule has 0 atom stereocenters.